The van der Waals surface area contributed by atoms with Gasteiger partial charge in [-0.05, 0) is 25.8 Å². The number of aromatic nitrogens is 3. The predicted molar refractivity (Wildman–Crippen MR) is 110 cm³/mol. The summed E-state index contributed by atoms with van der Waals surface area (Å²) in [4.78, 5) is 15.2. The molecule has 0 aliphatic carbocycles. The fraction of sp³-hybridized carbons (Fsp3) is 0.571. The first-order chi connectivity index (χ1) is 13.4. The molecule has 0 atom stereocenters. The van der Waals surface area contributed by atoms with Crippen LogP contribution in [0.5, 0.6) is 0 Å². The Kier molecular flexibility index (Phi) is 4.97. The van der Waals surface area contributed by atoms with Gasteiger partial charge >= 0.3 is 0 Å². The Balaban J connectivity index is 1.88. The third kappa shape index (κ3) is 3.44. The van der Waals surface area contributed by atoms with E-state index in [0.717, 1.165) is 54.8 Å². The highest BCUT2D eigenvalue weighted by Crippen LogP contribution is 2.39. The number of likely N-dealkylation sites (N-methyl/N-ethyl adjacent to an activating group) is 1. The highest BCUT2D eigenvalue weighted by Gasteiger charge is 2.32. The summed E-state index contributed by atoms with van der Waals surface area (Å²) in [5.74, 6) is 0.737. The quantitative estimate of drug-likeness (QED) is 0.678. The Morgan fingerprint density at radius 1 is 1.21 bits per heavy atom. The number of nitrogens with zero attached hydrogens (tertiary/aromatic N) is 3. The first-order valence-electron chi connectivity index (χ1n) is 10.1. The molecule has 150 valence electrons. The van der Waals surface area contributed by atoms with Crippen molar-refractivity contribution >= 4 is 28.0 Å². The van der Waals surface area contributed by atoms with Crippen molar-refractivity contribution in [1.82, 2.24) is 15.0 Å². The number of furan rings is 1. The Labute approximate surface area is 165 Å². The molecule has 7 heteroatoms. The van der Waals surface area contributed by atoms with Gasteiger partial charge in [0, 0.05) is 12.0 Å². The number of pyridine rings is 1. The van der Waals surface area contributed by atoms with E-state index < -0.39 is 0 Å². The SMILES string of the molecule is CCCc1nc2oc3c(NCC[NH+](C)C)ncnc3c2c2c1COC(C)(C)C2. The molecule has 0 saturated heterocycles. The van der Waals surface area contributed by atoms with Gasteiger partial charge < -0.3 is 19.4 Å². The van der Waals surface area contributed by atoms with Crippen LogP contribution in [0.2, 0.25) is 0 Å². The van der Waals surface area contributed by atoms with Gasteiger partial charge in [-0.2, -0.15) is 0 Å². The van der Waals surface area contributed by atoms with Crippen LogP contribution in [0, 0.1) is 0 Å². The summed E-state index contributed by atoms with van der Waals surface area (Å²) in [5, 5.41) is 4.42. The van der Waals surface area contributed by atoms with Crippen LogP contribution < -0.4 is 10.2 Å². The minimum absolute atomic E-state index is 0.211. The molecule has 0 spiro atoms. The lowest BCUT2D eigenvalue weighted by Gasteiger charge is -2.33. The van der Waals surface area contributed by atoms with E-state index in [1.54, 1.807) is 6.33 Å². The molecule has 3 aromatic heterocycles. The van der Waals surface area contributed by atoms with E-state index in [1.165, 1.54) is 16.0 Å². The number of fused-ring (bicyclic) bond motifs is 5. The molecule has 7 nitrogen and oxygen atoms in total. The molecule has 0 radical (unpaired) electrons. The Bertz CT molecular complexity index is 1010. The summed E-state index contributed by atoms with van der Waals surface area (Å²) in [6.45, 7) is 8.84. The first-order valence-corrected chi connectivity index (χ1v) is 10.1. The number of anilines is 1. The van der Waals surface area contributed by atoms with Crippen LogP contribution >= 0.6 is 0 Å². The largest absolute Gasteiger partial charge is 0.432 e. The summed E-state index contributed by atoms with van der Waals surface area (Å²) in [6, 6.07) is 0. The molecule has 0 amide bonds. The van der Waals surface area contributed by atoms with Gasteiger partial charge in [-0.25, -0.2) is 15.0 Å². The number of aryl methyl sites for hydroxylation is 1. The number of nitrogens with one attached hydrogen (secondary N) is 2. The van der Waals surface area contributed by atoms with E-state index in [0.29, 0.717) is 17.9 Å². The molecule has 3 aromatic rings. The highest BCUT2D eigenvalue weighted by atomic mass is 16.5. The molecule has 2 N–H and O–H groups in total. The van der Waals surface area contributed by atoms with Crippen LogP contribution in [0.3, 0.4) is 0 Å². The molecule has 0 saturated carbocycles. The average Bonchev–Trinajstić information content (AvgIpc) is 3.00. The molecular formula is C21H30N5O2+. The average molecular weight is 385 g/mol. The molecule has 0 bridgehead atoms. The van der Waals surface area contributed by atoms with Crippen molar-refractivity contribution in [1.29, 1.82) is 0 Å². The van der Waals surface area contributed by atoms with Crippen LogP contribution in [0.4, 0.5) is 5.82 Å². The molecule has 28 heavy (non-hydrogen) atoms. The van der Waals surface area contributed by atoms with Crippen molar-refractivity contribution in [3.8, 4) is 0 Å². The zero-order valence-corrected chi connectivity index (χ0v) is 17.5. The molecule has 1 aliphatic rings. The standard InChI is InChI=1S/C21H29N5O2/c1-6-7-15-14-11-27-21(2,3)10-13(14)16-17-18(28-20(16)25-15)19(24-12-23-17)22-8-9-26(4)5/h12H,6-11H2,1-5H3,(H,22,23,24)/p+1. The van der Waals surface area contributed by atoms with Crippen molar-refractivity contribution in [2.24, 2.45) is 0 Å². The maximum Gasteiger partial charge on any atom is 0.229 e. The smallest absolute Gasteiger partial charge is 0.229 e. The minimum Gasteiger partial charge on any atom is -0.432 e. The maximum absolute atomic E-state index is 6.22. The van der Waals surface area contributed by atoms with Crippen LogP contribution in [0.15, 0.2) is 10.7 Å². The van der Waals surface area contributed by atoms with E-state index in [2.05, 4.69) is 50.2 Å². The van der Waals surface area contributed by atoms with Crippen LogP contribution in [0.1, 0.15) is 44.0 Å². The second-order valence-corrected chi connectivity index (χ2v) is 8.56. The normalized spacial score (nSPS) is 16.1. The topological polar surface area (TPSA) is 77.5 Å². The number of hydrogen-bond donors (Lipinski definition) is 2. The lowest BCUT2D eigenvalue weighted by atomic mass is 9.88. The third-order valence-electron chi connectivity index (χ3n) is 5.32. The maximum atomic E-state index is 6.22. The monoisotopic (exact) mass is 384 g/mol. The molecule has 1 aliphatic heterocycles. The summed E-state index contributed by atoms with van der Waals surface area (Å²) in [7, 11) is 4.27. The van der Waals surface area contributed by atoms with Gasteiger partial charge in [0.1, 0.15) is 11.8 Å². The molecule has 4 heterocycles. The summed E-state index contributed by atoms with van der Waals surface area (Å²) in [5.41, 5.74) is 5.55. The van der Waals surface area contributed by atoms with Crippen LogP contribution in [-0.4, -0.2) is 47.7 Å². The van der Waals surface area contributed by atoms with E-state index in [4.69, 9.17) is 14.1 Å². The van der Waals surface area contributed by atoms with Gasteiger partial charge in [0.2, 0.25) is 5.71 Å². The van der Waals surface area contributed by atoms with Crippen LogP contribution in [0.25, 0.3) is 22.2 Å². The van der Waals surface area contributed by atoms with Gasteiger partial charge in [-0.1, -0.05) is 13.3 Å². The highest BCUT2D eigenvalue weighted by molar-refractivity contribution is 6.06. The minimum atomic E-state index is -0.211. The first kappa shape index (κ1) is 19.1. The van der Waals surface area contributed by atoms with Crippen molar-refractivity contribution in [2.75, 3.05) is 32.5 Å². The lowest BCUT2D eigenvalue weighted by molar-refractivity contribution is -0.856. The van der Waals surface area contributed by atoms with Crippen LogP contribution in [-0.2, 0) is 24.2 Å². The number of ether oxygens (including phenoxy) is 1. The van der Waals surface area contributed by atoms with Gasteiger partial charge in [0.25, 0.3) is 0 Å². The van der Waals surface area contributed by atoms with Gasteiger partial charge in [0.15, 0.2) is 11.4 Å². The third-order valence-corrected chi connectivity index (χ3v) is 5.32. The van der Waals surface area contributed by atoms with E-state index >= 15 is 0 Å². The Hall–Kier alpha value is -2.25. The summed E-state index contributed by atoms with van der Waals surface area (Å²) in [6.07, 6.45) is 4.39. The second kappa shape index (κ2) is 7.29. The fourth-order valence-corrected chi connectivity index (χ4v) is 3.87. The molecule has 0 fully saturated rings. The Morgan fingerprint density at radius 2 is 2.04 bits per heavy atom. The Morgan fingerprint density at radius 3 is 2.79 bits per heavy atom. The second-order valence-electron chi connectivity index (χ2n) is 8.56. The van der Waals surface area contributed by atoms with E-state index in [9.17, 15) is 0 Å². The molecule has 0 unspecified atom stereocenters. The lowest BCUT2D eigenvalue weighted by Crippen LogP contribution is -3.06. The zero-order valence-electron chi connectivity index (χ0n) is 17.5. The number of hydrogen-bond acceptors (Lipinski definition) is 6. The van der Waals surface area contributed by atoms with Crippen molar-refractivity contribution in [3.63, 3.8) is 0 Å². The summed E-state index contributed by atoms with van der Waals surface area (Å²) < 4.78 is 12.3. The number of quaternary nitrogens is 1. The molecular weight excluding hydrogens is 354 g/mol. The predicted octanol–water partition coefficient (Wildman–Crippen LogP) is 2.13. The molecule has 4 rings (SSSR count). The van der Waals surface area contributed by atoms with Crippen molar-refractivity contribution in [2.45, 2.75) is 52.2 Å². The van der Waals surface area contributed by atoms with Crippen molar-refractivity contribution in [3.05, 3.63) is 23.1 Å². The van der Waals surface area contributed by atoms with Gasteiger partial charge in [-0.3, -0.25) is 0 Å². The van der Waals surface area contributed by atoms with Crippen molar-refractivity contribution < 1.29 is 14.1 Å². The number of rotatable bonds is 6. The van der Waals surface area contributed by atoms with Gasteiger partial charge in [0.05, 0.1) is 50.5 Å². The molecule has 0 aromatic carbocycles. The van der Waals surface area contributed by atoms with E-state index in [-0.39, 0.29) is 5.60 Å². The summed E-state index contributed by atoms with van der Waals surface area (Å²) >= 11 is 0. The zero-order chi connectivity index (χ0) is 19.9. The van der Waals surface area contributed by atoms with Gasteiger partial charge in [-0.15, -0.1) is 0 Å². The fourth-order valence-electron chi connectivity index (χ4n) is 3.87. The van der Waals surface area contributed by atoms with E-state index in [1.807, 2.05) is 0 Å².